The van der Waals surface area contributed by atoms with Crippen molar-refractivity contribution in [3.8, 4) is 0 Å². The Balaban J connectivity index is 1.98. The van der Waals surface area contributed by atoms with Crippen LogP contribution in [0.15, 0.2) is 48.5 Å². The number of nitrogens with zero attached hydrogens (tertiary/aromatic N) is 1. The normalized spacial score (nSPS) is 20.6. The van der Waals surface area contributed by atoms with Gasteiger partial charge in [-0.3, -0.25) is 19.3 Å². The molecule has 0 unspecified atom stereocenters. The van der Waals surface area contributed by atoms with E-state index < -0.39 is 47.5 Å². The number of aliphatic hydroxyl groups is 1. The summed E-state index contributed by atoms with van der Waals surface area (Å²) in [7, 11) is 0. The van der Waals surface area contributed by atoms with Crippen molar-refractivity contribution in [1.29, 1.82) is 0 Å². The number of nitrogens with one attached hydrogen (secondary N) is 1. The average molecular weight is 445 g/mol. The summed E-state index contributed by atoms with van der Waals surface area (Å²) in [5.41, 5.74) is 6.28. The van der Waals surface area contributed by atoms with Crippen molar-refractivity contribution in [3.63, 3.8) is 0 Å². The van der Waals surface area contributed by atoms with Crippen LogP contribution in [0.2, 0.25) is 0 Å². The first kappa shape index (κ1) is 23.5. The lowest BCUT2D eigenvalue weighted by Gasteiger charge is -2.32. The van der Waals surface area contributed by atoms with Gasteiger partial charge in [0.1, 0.15) is 17.7 Å². The Labute approximate surface area is 184 Å². The number of halogens is 2. The first-order chi connectivity index (χ1) is 15.2. The summed E-state index contributed by atoms with van der Waals surface area (Å²) in [5.74, 6) is -4.75. The molecule has 1 saturated heterocycles. The number of hydrogen-bond donors (Lipinski definition) is 3. The number of hydrogen-bond acceptors (Lipinski definition) is 5. The minimum atomic E-state index is -2.06. The second-order valence-electron chi connectivity index (χ2n) is 7.88. The molecule has 7 nitrogen and oxygen atoms in total. The van der Waals surface area contributed by atoms with Gasteiger partial charge in [0.15, 0.2) is 6.10 Å². The predicted molar refractivity (Wildman–Crippen MR) is 112 cm³/mol. The molecule has 0 radical (unpaired) electrons. The van der Waals surface area contributed by atoms with E-state index in [4.69, 9.17) is 5.73 Å². The van der Waals surface area contributed by atoms with Crippen LogP contribution in [0.3, 0.4) is 0 Å². The van der Waals surface area contributed by atoms with E-state index in [2.05, 4.69) is 5.32 Å². The topological polar surface area (TPSA) is 113 Å². The van der Waals surface area contributed by atoms with Crippen molar-refractivity contribution < 1.29 is 28.3 Å². The molecule has 0 aliphatic carbocycles. The van der Waals surface area contributed by atoms with Gasteiger partial charge < -0.3 is 16.2 Å². The number of amides is 3. The lowest BCUT2D eigenvalue weighted by atomic mass is 9.89. The number of aliphatic hydroxyl groups excluding tert-OH is 1. The fourth-order valence-electron chi connectivity index (χ4n) is 3.87. The predicted octanol–water partition coefficient (Wildman–Crippen LogP) is 1.76. The Morgan fingerprint density at radius 1 is 1.12 bits per heavy atom. The van der Waals surface area contributed by atoms with E-state index in [1.165, 1.54) is 6.92 Å². The zero-order valence-electron chi connectivity index (χ0n) is 17.5. The molecule has 1 aliphatic rings. The smallest absolute Gasteiger partial charge is 0.263 e. The summed E-state index contributed by atoms with van der Waals surface area (Å²) in [5, 5.41) is 13.3. The van der Waals surface area contributed by atoms with Crippen molar-refractivity contribution in [1.82, 2.24) is 10.2 Å². The third-order valence-corrected chi connectivity index (χ3v) is 5.48. The Hall–Kier alpha value is -3.17. The Morgan fingerprint density at radius 3 is 2.34 bits per heavy atom. The third kappa shape index (κ3) is 5.17. The number of benzene rings is 2. The van der Waals surface area contributed by atoms with E-state index in [-0.39, 0.29) is 17.9 Å². The average Bonchev–Trinajstić information content (AvgIpc) is 2.95. The number of nitrogens with two attached hydrogens (primary N) is 1. The van der Waals surface area contributed by atoms with Gasteiger partial charge in [-0.25, -0.2) is 8.78 Å². The van der Waals surface area contributed by atoms with Crippen LogP contribution in [-0.4, -0.2) is 46.4 Å². The van der Waals surface area contributed by atoms with E-state index in [1.54, 1.807) is 0 Å². The number of carbonyl (C=O) groups excluding carboxylic acids is 3. The molecule has 4 N–H and O–H groups in total. The second-order valence-corrected chi connectivity index (χ2v) is 7.88. The van der Waals surface area contributed by atoms with Crippen LogP contribution in [0.5, 0.6) is 0 Å². The summed E-state index contributed by atoms with van der Waals surface area (Å²) in [4.78, 5) is 39.5. The van der Waals surface area contributed by atoms with Gasteiger partial charge in [0.05, 0.1) is 6.04 Å². The maximum absolute atomic E-state index is 13.6. The van der Waals surface area contributed by atoms with Gasteiger partial charge in [-0.2, -0.15) is 0 Å². The van der Waals surface area contributed by atoms with Crippen LogP contribution < -0.4 is 11.1 Å². The Bertz CT molecular complexity index is 980. The van der Waals surface area contributed by atoms with Gasteiger partial charge in [-0.15, -0.1) is 0 Å². The summed E-state index contributed by atoms with van der Waals surface area (Å²) in [6.07, 6.45) is -1.36. The summed E-state index contributed by atoms with van der Waals surface area (Å²) in [6, 6.07) is 9.11. The molecular weight excluding hydrogens is 420 g/mol. The summed E-state index contributed by atoms with van der Waals surface area (Å²) in [6.45, 7) is 1.68. The third-order valence-electron chi connectivity index (χ3n) is 5.48. The van der Waals surface area contributed by atoms with Crippen LogP contribution in [0.1, 0.15) is 42.9 Å². The Morgan fingerprint density at radius 2 is 1.75 bits per heavy atom. The van der Waals surface area contributed by atoms with Gasteiger partial charge in [-0.05, 0) is 48.9 Å². The highest BCUT2D eigenvalue weighted by Crippen LogP contribution is 2.30. The zero-order valence-corrected chi connectivity index (χ0v) is 17.5. The first-order valence-corrected chi connectivity index (χ1v) is 10.3. The number of carbonyl (C=O) groups is 3. The van der Waals surface area contributed by atoms with Gasteiger partial charge in [0.2, 0.25) is 11.8 Å². The van der Waals surface area contributed by atoms with E-state index in [1.807, 2.05) is 30.3 Å². The van der Waals surface area contributed by atoms with E-state index in [0.717, 1.165) is 17.7 Å². The highest BCUT2D eigenvalue weighted by Gasteiger charge is 2.41. The molecule has 1 fully saturated rings. The molecule has 3 amide bonds. The van der Waals surface area contributed by atoms with E-state index >= 15 is 0 Å². The second kappa shape index (κ2) is 9.97. The summed E-state index contributed by atoms with van der Waals surface area (Å²) >= 11 is 0. The van der Waals surface area contributed by atoms with Crippen molar-refractivity contribution >= 4 is 17.7 Å². The molecule has 32 heavy (non-hydrogen) atoms. The van der Waals surface area contributed by atoms with E-state index in [9.17, 15) is 28.3 Å². The maximum Gasteiger partial charge on any atom is 0.263 e. The molecule has 4 atom stereocenters. The monoisotopic (exact) mass is 445 g/mol. The molecule has 0 spiro atoms. The van der Waals surface area contributed by atoms with Crippen LogP contribution in [0.4, 0.5) is 8.78 Å². The van der Waals surface area contributed by atoms with Crippen LogP contribution in [-0.2, 0) is 14.4 Å². The van der Waals surface area contributed by atoms with Crippen LogP contribution in [0, 0.1) is 11.6 Å². The zero-order chi connectivity index (χ0) is 23.4. The lowest BCUT2D eigenvalue weighted by Crippen LogP contribution is -2.56. The standard InChI is InChI=1S/C23H25F2N3O4/c1-13(26)22(31)28(23(32)20(29)16-9-17(24)12-18(25)10-16)19-11-15(7-8-27-21(19)30)14-5-3-2-4-6-14/h2-6,9-10,12-13,15,19-20,29H,7-8,11,26H2,1H3,(H,27,30)/t13-,15-,19-,20-/m0/s1. The fourth-order valence-corrected chi connectivity index (χ4v) is 3.87. The van der Waals surface area contributed by atoms with Crippen molar-refractivity contribution in [2.75, 3.05) is 6.54 Å². The SMILES string of the molecule is C[C@H](N)C(=O)N(C(=O)[C@@H](O)c1cc(F)cc(F)c1)[C@H]1C[C@@H](c2ccccc2)CCNC1=O. The van der Waals surface area contributed by atoms with Gasteiger partial charge in [0.25, 0.3) is 5.91 Å². The van der Waals surface area contributed by atoms with Gasteiger partial charge in [-0.1, -0.05) is 30.3 Å². The molecule has 2 aromatic rings. The van der Waals surface area contributed by atoms with Crippen LogP contribution >= 0.6 is 0 Å². The van der Waals surface area contributed by atoms with Crippen molar-refractivity contribution in [2.45, 2.75) is 43.9 Å². The number of imide groups is 1. The molecule has 1 heterocycles. The molecule has 0 aromatic heterocycles. The van der Waals surface area contributed by atoms with Gasteiger partial charge in [0, 0.05) is 12.6 Å². The highest BCUT2D eigenvalue weighted by atomic mass is 19.1. The Kier molecular flexibility index (Phi) is 7.32. The molecule has 3 rings (SSSR count). The van der Waals surface area contributed by atoms with Crippen molar-refractivity contribution in [2.24, 2.45) is 5.73 Å². The maximum atomic E-state index is 13.6. The molecule has 9 heteroatoms. The van der Waals surface area contributed by atoms with Crippen LogP contribution in [0.25, 0.3) is 0 Å². The quantitative estimate of drug-likeness (QED) is 0.649. The van der Waals surface area contributed by atoms with E-state index in [0.29, 0.717) is 23.9 Å². The summed E-state index contributed by atoms with van der Waals surface area (Å²) < 4.78 is 27.2. The molecule has 2 aromatic carbocycles. The first-order valence-electron chi connectivity index (χ1n) is 10.3. The molecular formula is C23H25F2N3O4. The minimum absolute atomic E-state index is 0.115. The molecule has 0 saturated carbocycles. The minimum Gasteiger partial charge on any atom is -0.378 e. The van der Waals surface area contributed by atoms with Crippen molar-refractivity contribution in [3.05, 3.63) is 71.3 Å². The number of rotatable bonds is 5. The fraction of sp³-hybridized carbons (Fsp3) is 0.348. The molecule has 170 valence electrons. The largest absolute Gasteiger partial charge is 0.378 e. The van der Waals surface area contributed by atoms with Gasteiger partial charge >= 0.3 is 0 Å². The lowest BCUT2D eigenvalue weighted by molar-refractivity contribution is -0.158. The highest BCUT2D eigenvalue weighted by molar-refractivity contribution is 6.03. The molecule has 0 bridgehead atoms. The molecule has 1 aliphatic heterocycles.